The third kappa shape index (κ3) is 15.6. The Kier molecular flexibility index (Phi) is 15.3. The van der Waals surface area contributed by atoms with Crippen LogP contribution in [0.5, 0.6) is 0 Å². The molecule has 0 unspecified atom stereocenters. The molecular formula is C43H57F2N7O9S. The average molecular weight is 886 g/mol. The molecule has 5 amide bonds. The van der Waals surface area contributed by atoms with E-state index in [0.29, 0.717) is 18.5 Å². The van der Waals surface area contributed by atoms with E-state index in [4.69, 9.17) is 18.9 Å². The molecule has 1 aromatic carbocycles. The number of anilines is 1. The molecule has 2 aliphatic heterocycles. The van der Waals surface area contributed by atoms with Gasteiger partial charge in [-0.2, -0.15) is 0 Å². The van der Waals surface area contributed by atoms with Crippen molar-refractivity contribution < 1.29 is 51.7 Å². The fourth-order valence-electron chi connectivity index (χ4n) is 5.78. The highest BCUT2D eigenvalue weighted by molar-refractivity contribution is 7.15. The topological polar surface area (TPSA) is 190 Å². The highest BCUT2D eigenvalue weighted by atomic mass is 32.1. The zero-order valence-electron chi connectivity index (χ0n) is 37.3. The Bertz CT molecular complexity index is 2170. The number of carbonyl (C=O) groups excluding carboxylic acids is 5. The van der Waals surface area contributed by atoms with Gasteiger partial charge in [-0.05, 0) is 125 Å². The van der Waals surface area contributed by atoms with E-state index in [0.717, 1.165) is 22.6 Å². The van der Waals surface area contributed by atoms with Crippen molar-refractivity contribution in [1.29, 1.82) is 0 Å². The van der Waals surface area contributed by atoms with Gasteiger partial charge in [0.25, 0.3) is 5.91 Å². The molecule has 2 aliphatic rings. The average Bonchev–Trinajstić information content (AvgIpc) is 3.60. The molecule has 2 aromatic rings. The summed E-state index contributed by atoms with van der Waals surface area (Å²) in [5.74, 6) is -2.43. The van der Waals surface area contributed by atoms with E-state index in [2.05, 4.69) is 25.9 Å². The minimum atomic E-state index is -0.936. The Labute approximate surface area is 364 Å². The number of hydrogen-bond acceptors (Lipinski definition) is 10. The monoisotopic (exact) mass is 885 g/mol. The van der Waals surface area contributed by atoms with Gasteiger partial charge in [-0.15, -0.1) is 21.3 Å². The third-order valence-electron chi connectivity index (χ3n) is 8.22. The number of carbonyl (C=O) groups is 5. The first-order chi connectivity index (χ1) is 28.5. The summed E-state index contributed by atoms with van der Waals surface area (Å²) >= 11 is 1.17. The van der Waals surface area contributed by atoms with E-state index < -0.39 is 64.3 Å². The lowest BCUT2D eigenvalue weighted by atomic mass is 9.98. The maximum Gasteiger partial charge on any atom is 0.437 e. The summed E-state index contributed by atoms with van der Waals surface area (Å²) < 4.78 is 52.4. The molecule has 0 atom stereocenters. The number of guanidine groups is 2. The number of hydrogen-bond donors (Lipinski definition) is 3. The van der Waals surface area contributed by atoms with Crippen LogP contribution in [0.4, 0.5) is 33.6 Å². The van der Waals surface area contributed by atoms with Crippen molar-refractivity contribution in [3.05, 3.63) is 63.4 Å². The molecule has 3 heterocycles. The number of thiophene rings is 1. The van der Waals surface area contributed by atoms with Gasteiger partial charge in [-0.25, -0.2) is 28.0 Å². The van der Waals surface area contributed by atoms with Crippen molar-refractivity contribution in [3.8, 4) is 0 Å². The Morgan fingerprint density at radius 2 is 1.08 bits per heavy atom. The smallest absolute Gasteiger partial charge is 0.437 e. The molecule has 3 N–H and O–H groups in total. The van der Waals surface area contributed by atoms with Gasteiger partial charge in [0.15, 0.2) is 0 Å². The minimum absolute atomic E-state index is 0.0110. The van der Waals surface area contributed by atoms with Crippen LogP contribution in [-0.2, 0) is 18.9 Å². The number of amides is 5. The van der Waals surface area contributed by atoms with Crippen molar-refractivity contribution in [1.82, 2.24) is 20.4 Å². The molecule has 16 nitrogen and oxygen atoms in total. The molecule has 338 valence electrons. The molecule has 0 radical (unpaired) electrons. The van der Waals surface area contributed by atoms with E-state index in [1.54, 1.807) is 111 Å². The van der Waals surface area contributed by atoms with Crippen LogP contribution in [0.15, 0.2) is 46.4 Å². The molecule has 4 rings (SSSR count). The quantitative estimate of drug-likeness (QED) is 0.151. The number of ether oxygens (including phenoxy) is 4. The number of nitrogens with one attached hydrogen (secondary N) is 3. The minimum Gasteiger partial charge on any atom is -0.444 e. The third-order valence-corrected chi connectivity index (χ3v) is 9.38. The van der Waals surface area contributed by atoms with Crippen LogP contribution < -0.4 is 16.0 Å². The van der Waals surface area contributed by atoms with E-state index in [1.807, 2.05) is 6.08 Å². The summed E-state index contributed by atoms with van der Waals surface area (Å²) in [6.07, 6.45) is 0.689. The number of rotatable bonds is 4. The van der Waals surface area contributed by atoms with Gasteiger partial charge in [0.1, 0.15) is 34.0 Å². The van der Waals surface area contributed by atoms with Crippen LogP contribution in [0.1, 0.15) is 116 Å². The van der Waals surface area contributed by atoms with Crippen molar-refractivity contribution in [2.45, 2.75) is 118 Å². The number of aliphatic imine (C=N–C) groups is 2. The standard InChI is InChI=1S/C43H57F2N7O9S/c1-40(2,3)58-36(54)47-34(48-37(55)59-41(4,5)6)51-19-15-25(16-20-51)27-23-29(45)30(24-28(27)44)46-33(53)32-14-13-31(62-32)26-17-21-52(22-18-26)35(49-38(56)60-42(7,8)9)50-39(57)61-43(10,11)12/h13-15,17,23-24H,16,18-22H2,1-12H3,(H,46,53)(H,47,48,54,55)(H,49,50,56,57). The first-order valence-corrected chi connectivity index (χ1v) is 20.8. The van der Waals surface area contributed by atoms with Crippen molar-refractivity contribution in [3.63, 3.8) is 0 Å². The van der Waals surface area contributed by atoms with Crippen LogP contribution in [0.3, 0.4) is 0 Å². The van der Waals surface area contributed by atoms with Gasteiger partial charge in [0.05, 0.1) is 10.6 Å². The van der Waals surface area contributed by atoms with Gasteiger partial charge in [0.2, 0.25) is 11.9 Å². The largest absolute Gasteiger partial charge is 0.444 e. The first-order valence-electron chi connectivity index (χ1n) is 20.0. The van der Waals surface area contributed by atoms with E-state index in [9.17, 15) is 24.0 Å². The van der Waals surface area contributed by atoms with Crippen molar-refractivity contribution in [2.24, 2.45) is 9.98 Å². The fourth-order valence-corrected chi connectivity index (χ4v) is 6.75. The molecule has 0 bridgehead atoms. The lowest BCUT2D eigenvalue weighted by Gasteiger charge is -2.30. The Balaban J connectivity index is 1.44. The lowest BCUT2D eigenvalue weighted by Crippen LogP contribution is -2.48. The second-order valence-electron chi connectivity index (χ2n) is 18.4. The van der Waals surface area contributed by atoms with Gasteiger partial charge in [-0.1, -0.05) is 12.2 Å². The predicted molar refractivity (Wildman–Crippen MR) is 233 cm³/mol. The molecule has 19 heteroatoms. The van der Waals surface area contributed by atoms with Crippen LogP contribution in [0, 0.1) is 11.6 Å². The van der Waals surface area contributed by atoms with Crippen LogP contribution in [0.25, 0.3) is 11.1 Å². The second kappa shape index (κ2) is 19.5. The maximum atomic E-state index is 15.6. The Hall–Kier alpha value is -5.85. The maximum absolute atomic E-state index is 15.6. The zero-order chi connectivity index (χ0) is 46.4. The number of alkyl carbamates (subject to hydrolysis) is 2. The normalized spacial score (nSPS) is 15.5. The summed E-state index contributed by atoms with van der Waals surface area (Å²) in [5.41, 5.74) is -2.27. The van der Waals surface area contributed by atoms with Crippen molar-refractivity contribution in [2.75, 3.05) is 31.5 Å². The summed E-state index contributed by atoms with van der Waals surface area (Å²) in [6.45, 7) is 21.1. The van der Waals surface area contributed by atoms with Crippen LogP contribution in [0.2, 0.25) is 0 Å². The zero-order valence-corrected chi connectivity index (χ0v) is 38.2. The molecule has 62 heavy (non-hydrogen) atoms. The van der Waals surface area contributed by atoms with Crippen molar-refractivity contribution >= 4 is 70.4 Å². The van der Waals surface area contributed by atoms with Gasteiger partial charge >= 0.3 is 24.4 Å². The highest BCUT2D eigenvalue weighted by Gasteiger charge is 2.28. The molecule has 1 aromatic heterocycles. The van der Waals surface area contributed by atoms with E-state index in [1.165, 1.54) is 11.3 Å². The van der Waals surface area contributed by atoms with E-state index >= 15 is 8.78 Å². The molecule has 0 saturated carbocycles. The lowest BCUT2D eigenvalue weighted by molar-refractivity contribution is 0.0536. The Morgan fingerprint density at radius 1 is 0.629 bits per heavy atom. The molecule has 0 spiro atoms. The Morgan fingerprint density at radius 3 is 1.50 bits per heavy atom. The fraction of sp³-hybridized carbons (Fsp3) is 0.512. The number of benzene rings is 1. The van der Waals surface area contributed by atoms with Crippen LogP contribution in [-0.4, -0.2) is 101 Å². The molecule has 0 fully saturated rings. The van der Waals surface area contributed by atoms with Gasteiger partial charge < -0.3 is 34.1 Å². The summed E-state index contributed by atoms with van der Waals surface area (Å²) in [4.78, 5) is 75.9. The highest BCUT2D eigenvalue weighted by Crippen LogP contribution is 2.32. The molecular weight excluding hydrogens is 829 g/mol. The van der Waals surface area contributed by atoms with Gasteiger partial charge in [0, 0.05) is 42.7 Å². The molecule has 0 aliphatic carbocycles. The summed E-state index contributed by atoms with van der Waals surface area (Å²) in [5, 5.41) is 7.52. The number of nitrogens with zero attached hydrogens (tertiary/aromatic N) is 4. The van der Waals surface area contributed by atoms with E-state index in [-0.39, 0.29) is 54.1 Å². The van der Waals surface area contributed by atoms with Crippen LogP contribution >= 0.6 is 11.3 Å². The van der Waals surface area contributed by atoms with Gasteiger partial charge in [-0.3, -0.25) is 15.4 Å². The SMILES string of the molecule is CC(C)(C)OC(=O)/N=C(\NC(=O)OC(C)(C)C)N1CC=C(c2ccc(C(=O)Nc3cc(F)c(C4=CCN(/C(=N/C(=O)OC(C)(C)C)NC(=O)OC(C)(C)C)CC4)cc3F)s2)CC1. The summed E-state index contributed by atoms with van der Waals surface area (Å²) in [6, 6.07) is 5.27. The first kappa shape index (κ1) is 48.8. The second-order valence-corrected chi connectivity index (χ2v) is 19.4. The number of halogens is 2. The summed E-state index contributed by atoms with van der Waals surface area (Å²) in [7, 11) is 0. The predicted octanol–water partition coefficient (Wildman–Crippen LogP) is 9.09. The molecule has 0 saturated heterocycles.